The molecule has 1 aromatic carbocycles. The Bertz CT molecular complexity index is 355. The molecule has 0 aliphatic heterocycles. The van der Waals surface area contributed by atoms with Gasteiger partial charge in [-0.3, -0.25) is 4.79 Å². The fourth-order valence-corrected chi connectivity index (χ4v) is 1.92. The van der Waals surface area contributed by atoms with E-state index < -0.39 is 0 Å². The van der Waals surface area contributed by atoms with Crippen molar-refractivity contribution < 1.29 is 9.90 Å². The van der Waals surface area contributed by atoms with Gasteiger partial charge in [-0.1, -0.05) is 40.5 Å². The molecule has 0 aromatic heterocycles. The molecular formula is C13H18BrNO2. The number of rotatable bonds is 7. The summed E-state index contributed by atoms with van der Waals surface area (Å²) in [6.07, 6.45) is 3.49. The Balaban J connectivity index is 2.23. The first kappa shape index (κ1) is 14.0. The van der Waals surface area contributed by atoms with Crippen LogP contribution in [-0.2, 0) is 11.2 Å². The van der Waals surface area contributed by atoms with Crippen LogP contribution in [0.4, 0.5) is 0 Å². The molecule has 0 bridgehead atoms. The molecule has 1 aromatic rings. The lowest BCUT2D eigenvalue weighted by Crippen LogP contribution is -2.26. The zero-order valence-electron chi connectivity index (χ0n) is 9.79. The molecule has 3 nitrogen and oxygen atoms in total. The van der Waals surface area contributed by atoms with E-state index in [4.69, 9.17) is 0 Å². The molecule has 0 aliphatic rings. The maximum absolute atomic E-state index is 11.6. The Morgan fingerprint density at radius 2 is 2.00 bits per heavy atom. The average molecular weight is 300 g/mol. The summed E-state index contributed by atoms with van der Waals surface area (Å²) in [5.74, 6) is 0.146. The second-order valence-corrected chi connectivity index (χ2v) is 4.70. The molecule has 4 heteroatoms. The average Bonchev–Trinajstić information content (AvgIpc) is 2.32. The summed E-state index contributed by atoms with van der Waals surface area (Å²) in [6, 6.07) is 6.92. The Kier molecular flexibility index (Phi) is 6.70. The van der Waals surface area contributed by atoms with Gasteiger partial charge in [0.25, 0.3) is 0 Å². The molecule has 0 saturated heterocycles. The summed E-state index contributed by atoms with van der Waals surface area (Å²) >= 11 is 3.37. The molecule has 0 spiro atoms. The van der Waals surface area contributed by atoms with Crippen LogP contribution in [0.5, 0.6) is 5.75 Å². The quantitative estimate of drug-likeness (QED) is 0.601. The van der Waals surface area contributed by atoms with Gasteiger partial charge in [-0.25, -0.2) is 0 Å². The Morgan fingerprint density at radius 3 is 2.71 bits per heavy atom. The minimum Gasteiger partial charge on any atom is -0.508 e. The number of alkyl halides is 1. The maximum Gasteiger partial charge on any atom is 0.224 e. The molecule has 94 valence electrons. The van der Waals surface area contributed by atoms with Crippen molar-refractivity contribution in [3.8, 4) is 5.75 Å². The fraction of sp³-hybridized carbons (Fsp3) is 0.462. The van der Waals surface area contributed by atoms with E-state index >= 15 is 0 Å². The second-order valence-electron chi connectivity index (χ2n) is 3.91. The van der Waals surface area contributed by atoms with E-state index in [1.165, 1.54) is 0 Å². The van der Waals surface area contributed by atoms with Gasteiger partial charge in [0.2, 0.25) is 5.91 Å². The third kappa shape index (κ3) is 5.73. The highest BCUT2D eigenvalue weighted by Gasteiger charge is 2.05. The van der Waals surface area contributed by atoms with Crippen LogP contribution < -0.4 is 5.32 Å². The van der Waals surface area contributed by atoms with Gasteiger partial charge in [0.15, 0.2) is 0 Å². The van der Waals surface area contributed by atoms with Crippen molar-refractivity contribution in [2.45, 2.75) is 25.7 Å². The zero-order valence-corrected chi connectivity index (χ0v) is 11.4. The van der Waals surface area contributed by atoms with Gasteiger partial charge >= 0.3 is 0 Å². The van der Waals surface area contributed by atoms with Crippen molar-refractivity contribution in [2.24, 2.45) is 0 Å². The van der Waals surface area contributed by atoms with Crippen LogP contribution in [0.15, 0.2) is 24.3 Å². The van der Waals surface area contributed by atoms with Crippen LogP contribution in [0.1, 0.15) is 24.8 Å². The molecular weight excluding hydrogens is 282 g/mol. The van der Waals surface area contributed by atoms with Gasteiger partial charge in [0, 0.05) is 17.4 Å². The third-order valence-electron chi connectivity index (χ3n) is 2.48. The topological polar surface area (TPSA) is 49.3 Å². The number of unbranched alkanes of at least 4 members (excludes halogenated alkanes) is 2. The number of aromatic hydroxyl groups is 1. The fourth-order valence-electron chi connectivity index (χ4n) is 1.52. The van der Waals surface area contributed by atoms with Crippen molar-refractivity contribution in [3.63, 3.8) is 0 Å². The van der Waals surface area contributed by atoms with Crippen LogP contribution >= 0.6 is 15.9 Å². The molecule has 0 saturated carbocycles. The number of halogens is 1. The minimum atomic E-state index is -0.0367. The predicted molar refractivity (Wildman–Crippen MR) is 72.5 cm³/mol. The lowest BCUT2D eigenvalue weighted by Gasteiger charge is -2.06. The van der Waals surface area contributed by atoms with E-state index in [1.54, 1.807) is 18.2 Å². The van der Waals surface area contributed by atoms with Gasteiger partial charge in [0.05, 0.1) is 6.42 Å². The predicted octanol–water partition coefficient (Wildman–Crippen LogP) is 2.62. The number of hydrogen-bond acceptors (Lipinski definition) is 2. The second kappa shape index (κ2) is 8.12. The summed E-state index contributed by atoms with van der Waals surface area (Å²) in [6.45, 7) is 0.708. The number of para-hydroxylation sites is 1. The van der Waals surface area contributed by atoms with Crippen molar-refractivity contribution in [2.75, 3.05) is 11.9 Å². The summed E-state index contributed by atoms with van der Waals surface area (Å²) in [5, 5.41) is 13.4. The molecule has 0 fully saturated rings. The summed E-state index contributed by atoms with van der Waals surface area (Å²) in [5.41, 5.74) is 0.672. The first-order valence-electron chi connectivity index (χ1n) is 5.83. The number of benzene rings is 1. The molecule has 1 rings (SSSR count). The smallest absolute Gasteiger partial charge is 0.224 e. The number of nitrogens with one attached hydrogen (secondary N) is 1. The largest absolute Gasteiger partial charge is 0.508 e. The SMILES string of the molecule is O=C(Cc1ccccc1O)NCCCCCBr. The highest BCUT2D eigenvalue weighted by molar-refractivity contribution is 9.09. The highest BCUT2D eigenvalue weighted by atomic mass is 79.9. The Labute approximate surface area is 110 Å². The highest BCUT2D eigenvalue weighted by Crippen LogP contribution is 2.15. The van der Waals surface area contributed by atoms with Gasteiger partial charge in [-0.05, 0) is 18.9 Å². The van der Waals surface area contributed by atoms with E-state index in [1.807, 2.05) is 6.07 Å². The number of carbonyl (C=O) groups excluding carboxylic acids is 1. The molecule has 0 unspecified atom stereocenters. The van der Waals surface area contributed by atoms with E-state index in [0.29, 0.717) is 12.1 Å². The van der Waals surface area contributed by atoms with Gasteiger partial charge < -0.3 is 10.4 Å². The Hall–Kier alpha value is -1.03. The van der Waals surface area contributed by atoms with E-state index in [0.717, 1.165) is 24.6 Å². The van der Waals surface area contributed by atoms with Crippen molar-refractivity contribution >= 4 is 21.8 Å². The first-order chi connectivity index (χ1) is 8.24. The molecule has 2 N–H and O–H groups in total. The molecule has 0 aliphatic carbocycles. The minimum absolute atomic E-state index is 0.0367. The van der Waals surface area contributed by atoms with E-state index in [2.05, 4.69) is 21.2 Å². The van der Waals surface area contributed by atoms with E-state index in [9.17, 15) is 9.90 Å². The van der Waals surface area contributed by atoms with Gasteiger partial charge in [0.1, 0.15) is 5.75 Å². The lowest BCUT2D eigenvalue weighted by atomic mass is 10.1. The summed E-state index contributed by atoms with van der Waals surface area (Å²) < 4.78 is 0. The van der Waals surface area contributed by atoms with Gasteiger partial charge in [-0.15, -0.1) is 0 Å². The van der Waals surface area contributed by atoms with Crippen LogP contribution in [0.2, 0.25) is 0 Å². The molecule has 0 heterocycles. The number of carbonyl (C=O) groups is 1. The van der Waals surface area contributed by atoms with E-state index in [-0.39, 0.29) is 18.1 Å². The normalized spacial score (nSPS) is 10.2. The van der Waals surface area contributed by atoms with Crippen molar-refractivity contribution in [3.05, 3.63) is 29.8 Å². The molecule has 17 heavy (non-hydrogen) atoms. The summed E-state index contributed by atoms with van der Waals surface area (Å²) in [4.78, 5) is 11.6. The molecule has 0 atom stereocenters. The Morgan fingerprint density at radius 1 is 1.24 bits per heavy atom. The van der Waals surface area contributed by atoms with Crippen LogP contribution in [0, 0.1) is 0 Å². The number of phenols is 1. The van der Waals surface area contributed by atoms with Crippen molar-refractivity contribution in [1.29, 1.82) is 0 Å². The van der Waals surface area contributed by atoms with Crippen molar-refractivity contribution in [1.82, 2.24) is 5.32 Å². The molecule has 1 amide bonds. The standard InChI is InChI=1S/C13H18BrNO2/c14-8-4-1-5-9-15-13(17)10-11-6-2-3-7-12(11)16/h2-3,6-7,16H,1,4-5,8-10H2,(H,15,17). The monoisotopic (exact) mass is 299 g/mol. The first-order valence-corrected chi connectivity index (χ1v) is 6.95. The lowest BCUT2D eigenvalue weighted by molar-refractivity contribution is -0.120. The maximum atomic E-state index is 11.6. The molecule has 0 radical (unpaired) electrons. The third-order valence-corrected chi connectivity index (χ3v) is 3.04. The number of amides is 1. The zero-order chi connectivity index (χ0) is 12.5. The summed E-state index contributed by atoms with van der Waals surface area (Å²) in [7, 11) is 0. The number of phenolic OH excluding ortho intramolecular Hbond substituents is 1. The van der Waals surface area contributed by atoms with Gasteiger partial charge in [-0.2, -0.15) is 0 Å². The van der Waals surface area contributed by atoms with Crippen LogP contribution in [0.3, 0.4) is 0 Å². The van der Waals surface area contributed by atoms with Crippen LogP contribution in [-0.4, -0.2) is 22.9 Å². The van der Waals surface area contributed by atoms with Crippen LogP contribution in [0.25, 0.3) is 0 Å². The number of hydrogen-bond donors (Lipinski definition) is 2.